The van der Waals surface area contributed by atoms with Gasteiger partial charge in [0, 0.05) is 16.5 Å². The summed E-state index contributed by atoms with van der Waals surface area (Å²) in [6.45, 7) is 3.73. The van der Waals surface area contributed by atoms with Crippen LogP contribution < -0.4 is 10.1 Å². The fraction of sp³-hybridized carbons (Fsp3) is 0.294. The number of aryl methyl sites for hydroxylation is 1. The van der Waals surface area contributed by atoms with Crippen molar-refractivity contribution >= 4 is 11.8 Å². The van der Waals surface area contributed by atoms with Gasteiger partial charge in [0.1, 0.15) is 17.3 Å². The summed E-state index contributed by atoms with van der Waals surface area (Å²) in [5.74, 6) is 1.27. The SMILES string of the molecule is CNC(C)c1cc(F)c(C)cc1Oc1ccccc1SC. The van der Waals surface area contributed by atoms with E-state index in [1.54, 1.807) is 30.8 Å². The van der Waals surface area contributed by atoms with Gasteiger partial charge in [0.25, 0.3) is 0 Å². The molecule has 0 spiro atoms. The first-order valence-electron chi connectivity index (χ1n) is 6.85. The molecule has 0 aliphatic carbocycles. The molecule has 1 atom stereocenters. The third-order valence-electron chi connectivity index (χ3n) is 3.48. The van der Waals surface area contributed by atoms with Gasteiger partial charge in [-0.2, -0.15) is 0 Å². The first-order chi connectivity index (χ1) is 10.1. The van der Waals surface area contributed by atoms with Crippen LogP contribution in [0, 0.1) is 12.7 Å². The van der Waals surface area contributed by atoms with Gasteiger partial charge in [-0.1, -0.05) is 12.1 Å². The Kier molecular flexibility index (Phi) is 5.26. The topological polar surface area (TPSA) is 21.3 Å². The molecule has 2 aromatic rings. The number of halogens is 1. The van der Waals surface area contributed by atoms with Crippen molar-refractivity contribution < 1.29 is 9.13 Å². The van der Waals surface area contributed by atoms with Crippen molar-refractivity contribution in [1.82, 2.24) is 5.32 Å². The Balaban J connectivity index is 2.45. The molecule has 0 heterocycles. The van der Waals surface area contributed by atoms with Crippen LogP contribution in [0.1, 0.15) is 24.1 Å². The van der Waals surface area contributed by atoms with Gasteiger partial charge in [-0.3, -0.25) is 0 Å². The minimum absolute atomic E-state index is 0.0107. The van der Waals surface area contributed by atoms with Crippen LogP contribution in [-0.2, 0) is 0 Å². The third-order valence-corrected chi connectivity index (χ3v) is 4.26. The lowest BCUT2D eigenvalue weighted by molar-refractivity contribution is 0.452. The lowest BCUT2D eigenvalue weighted by atomic mass is 10.0. The molecule has 0 amide bonds. The fourth-order valence-corrected chi connectivity index (χ4v) is 2.60. The predicted molar refractivity (Wildman–Crippen MR) is 86.9 cm³/mol. The van der Waals surface area contributed by atoms with Gasteiger partial charge in [0.05, 0.1) is 0 Å². The summed E-state index contributed by atoms with van der Waals surface area (Å²) in [4.78, 5) is 1.06. The maximum Gasteiger partial charge on any atom is 0.140 e. The van der Waals surface area contributed by atoms with Crippen molar-refractivity contribution in [3.8, 4) is 11.5 Å². The summed E-state index contributed by atoms with van der Waals surface area (Å²) in [5.41, 5.74) is 1.40. The zero-order chi connectivity index (χ0) is 15.4. The van der Waals surface area contributed by atoms with E-state index in [0.717, 1.165) is 16.2 Å². The second-order valence-corrected chi connectivity index (χ2v) is 5.75. The van der Waals surface area contributed by atoms with E-state index in [0.29, 0.717) is 11.3 Å². The van der Waals surface area contributed by atoms with Crippen LogP contribution in [0.2, 0.25) is 0 Å². The van der Waals surface area contributed by atoms with Crippen molar-refractivity contribution in [3.05, 3.63) is 53.3 Å². The van der Waals surface area contributed by atoms with Crippen LogP contribution in [-0.4, -0.2) is 13.3 Å². The molecule has 2 nitrogen and oxygen atoms in total. The van der Waals surface area contributed by atoms with E-state index in [1.165, 1.54) is 0 Å². The molecule has 0 aliphatic heterocycles. The molecular weight excluding hydrogens is 285 g/mol. The van der Waals surface area contributed by atoms with Crippen LogP contribution >= 0.6 is 11.8 Å². The zero-order valence-corrected chi connectivity index (χ0v) is 13.6. The maximum absolute atomic E-state index is 13.9. The molecule has 0 saturated carbocycles. The first-order valence-corrected chi connectivity index (χ1v) is 8.07. The predicted octanol–water partition coefficient (Wildman–Crippen LogP) is 4.93. The number of hydrogen-bond donors (Lipinski definition) is 1. The highest BCUT2D eigenvalue weighted by Gasteiger charge is 2.15. The smallest absolute Gasteiger partial charge is 0.140 e. The second-order valence-electron chi connectivity index (χ2n) is 4.90. The number of benzene rings is 2. The summed E-state index contributed by atoms with van der Waals surface area (Å²) < 4.78 is 19.9. The van der Waals surface area contributed by atoms with E-state index in [2.05, 4.69) is 5.32 Å². The highest BCUT2D eigenvalue weighted by Crippen LogP contribution is 2.35. The third kappa shape index (κ3) is 3.57. The molecule has 0 bridgehead atoms. The van der Waals surface area contributed by atoms with Gasteiger partial charge in [0.2, 0.25) is 0 Å². The van der Waals surface area contributed by atoms with Gasteiger partial charge in [-0.25, -0.2) is 4.39 Å². The van der Waals surface area contributed by atoms with Gasteiger partial charge >= 0.3 is 0 Å². The summed E-state index contributed by atoms with van der Waals surface area (Å²) in [6.07, 6.45) is 2.01. The first kappa shape index (κ1) is 15.9. The maximum atomic E-state index is 13.9. The Morgan fingerprint density at radius 2 is 1.90 bits per heavy atom. The minimum atomic E-state index is -0.211. The Morgan fingerprint density at radius 3 is 2.57 bits per heavy atom. The largest absolute Gasteiger partial charge is 0.456 e. The minimum Gasteiger partial charge on any atom is -0.456 e. The second kappa shape index (κ2) is 6.96. The van der Waals surface area contributed by atoms with E-state index >= 15 is 0 Å². The standard InChI is InChI=1S/C17H20FNOS/c1-11-9-16(13(10-14(11)18)12(2)19-3)20-15-7-5-6-8-17(15)21-4/h5-10,12,19H,1-4H3. The molecule has 112 valence electrons. The summed E-state index contributed by atoms with van der Waals surface area (Å²) in [7, 11) is 1.85. The fourth-order valence-electron chi connectivity index (χ4n) is 2.07. The summed E-state index contributed by atoms with van der Waals surface area (Å²) >= 11 is 1.63. The normalized spacial score (nSPS) is 12.2. The number of rotatable bonds is 5. The Hall–Kier alpha value is -1.52. The summed E-state index contributed by atoms with van der Waals surface area (Å²) in [5, 5.41) is 3.13. The Labute approximate surface area is 129 Å². The zero-order valence-electron chi connectivity index (χ0n) is 12.7. The van der Waals surface area contributed by atoms with Crippen molar-refractivity contribution in [1.29, 1.82) is 0 Å². The van der Waals surface area contributed by atoms with Crippen molar-refractivity contribution in [3.63, 3.8) is 0 Å². The molecule has 0 aromatic heterocycles. The summed E-state index contributed by atoms with van der Waals surface area (Å²) in [6, 6.07) is 11.2. The Morgan fingerprint density at radius 1 is 1.19 bits per heavy atom. The highest BCUT2D eigenvalue weighted by molar-refractivity contribution is 7.98. The average molecular weight is 305 g/mol. The van der Waals surface area contributed by atoms with E-state index in [4.69, 9.17) is 4.74 Å². The lowest BCUT2D eigenvalue weighted by Crippen LogP contribution is -2.14. The number of hydrogen-bond acceptors (Lipinski definition) is 3. The van der Waals surface area contributed by atoms with E-state index < -0.39 is 0 Å². The molecule has 0 saturated heterocycles. The van der Waals surface area contributed by atoms with E-state index in [1.807, 2.05) is 44.5 Å². The number of ether oxygens (including phenoxy) is 1. The average Bonchev–Trinajstić information content (AvgIpc) is 2.50. The molecule has 1 N–H and O–H groups in total. The van der Waals surface area contributed by atoms with Crippen molar-refractivity contribution in [2.24, 2.45) is 0 Å². The number of thioether (sulfide) groups is 1. The van der Waals surface area contributed by atoms with Crippen LogP contribution in [0.4, 0.5) is 4.39 Å². The number of para-hydroxylation sites is 1. The van der Waals surface area contributed by atoms with Crippen molar-refractivity contribution in [2.75, 3.05) is 13.3 Å². The van der Waals surface area contributed by atoms with Crippen LogP contribution in [0.25, 0.3) is 0 Å². The molecule has 0 aliphatic rings. The van der Waals surface area contributed by atoms with Crippen LogP contribution in [0.15, 0.2) is 41.3 Å². The van der Waals surface area contributed by atoms with Gasteiger partial charge < -0.3 is 10.1 Å². The quantitative estimate of drug-likeness (QED) is 0.792. The van der Waals surface area contributed by atoms with Gasteiger partial charge in [-0.15, -0.1) is 11.8 Å². The molecule has 2 rings (SSSR count). The van der Waals surface area contributed by atoms with E-state index in [9.17, 15) is 4.39 Å². The molecule has 21 heavy (non-hydrogen) atoms. The monoisotopic (exact) mass is 305 g/mol. The van der Waals surface area contributed by atoms with Gasteiger partial charge in [0.15, 0.2) is 0 Å². The molecule has 4 heteroatoms. The molecule has 2 aromatic carbocycles. The molecule has 0 fully saturated rings. The highest BCUT2D eigenvalue weighted by atomic mass is 32.2. The molecule has 1 unspecified atom stereocenters. The molecule has 0 radical (unpaired) electrons. The van der Waals surface area contributed by atoms with Gasteiger partial charge in [-0.05, 0) is 57.0 Å². The van der Waals surface area contributed by atoms with Crippen LogP contribution in [0.5, 0.6) is 11.5 Å². The lowest BCUT2D eigenvalue weighted by Gasteiger charge is -2.18. The molecular formula is C17H20FNOS. The Bertz CT molecular complexity index is 630. The number of nitrogens with one attached hydrogen (secondary N) is 1. The van der Waals surface area contributed by atoms with E-state index in [-0.39, 0.29) is 11.9 Å². The van der Waals surface area contributed by atoms with Crippen LogP contribution in [0.3, 0.4) is 0 Å². The van der Waals surface area contributed by atoms with Crippen molar-refractivity contribution in [2.45, 2.75) is 24.8 Å².